The van der Waals surface area contributed by atoms with E-state index in [1.165, 1.54) is 6.92 Å². The maximum Gasteiger partial charge on any atom is 0.302 e. The average Bonchev–Trinajstić information content (AvgIpc) is 2.32. The molecule has 0 aliphatic carbocycles. The van der Waals surface area contributed by atoms with Crippen LogP contribution in [0, 0.1) is 5.41 Å². The minimum atomic E-state index is -1.25. The third-order valence-electron chi connectivity index (χ3n) is 2.85. The molecule has 0 rings (SSSR count). The monoisotopic (exact) mass is 275 g/mol. The second kappa shape index (κ2) is 8.12. The number of esters is 1. The minimum Gasteiger partial charge on any atom is -0.463 e. The quantitative estimate of drug-likeness (QED) is 0.435. The lowest BCUT2D eigenvalue weighted by molar-refractivity contribution is -0.146. The molecule has 2 unspecified atom stereocenters. The van der Waals surface area contributed by atoms with Crippen molar-refractivity contribution in [3.8, 4) is 0 Å². The maximum atomic E-state index is 11.6. The zero-order chi connectivity index (χ0) is 15.1. The summed E-state index contributed by atoms with van der Waals surface area (Å²) in [6.07, 6.45) is -0.150. The van der Waals surface area contributed by atoms with E-state index < -0.39 is 17.4 Å². The summed E-state index contributed by atoms with van der Waals surface area (Å²) in [4.78, 5) is 22.3. The molecular formula is C13H25NO5. The average molecular weight is 275 g/mol. The lowest BCUT2D eigenvalue weighted by atomic mass is 9.87. The zero-order valence-corrected chi connectivity index (χ0v) is 12.1. The van der Waals surface area contributed by atoms with Crippen LogP contribution in [0.2, 0.25) is 0 Å². The van der Waals surface area contributed by atoms with Gasteiger partial charge in [0, 0.05) is 18.9 Å². The van der Waals surface area contributed by atoms with Crippen LogP contribution in [0.4, 0.5) is 0 Å². The van der Waals surface area contributed by atoms with Gasteiger partial charge in [-0.1, -0.05) is 13.8 Å². The Bertz CT molecular complexity index is 303. The fourth-order valence-electron chi connectivity index (χ4n) is 1.48. The van der Waals surface area contributed by atoms with Crippen molar-refractivity contribution >= 4 is 11.9 Å². The first kappa shape index (κ1) is 17.9. The van der Waals surface area contributed by atoms with E-state index in [2.05, 4.69) is 5.32 Å². The Hall–Kier alpha value is -1.14. The van der Waals surface area contributed by atoms with Crippen molar-refractivity contribution in [3.05, 3.63) is 0 Å². The number of nitrogens with one attached hydrogen (secondary N) is 1. The summed E-state index contributed by atoms with van der Waals surface area (Å²) in [6.45, 7) is 6.48. The molecule has 112 valence electrons. The van der Waals surface area contributed by atoms with Gasteiger partial charge in [0.1, 0.15) is 6.10 Å². The molecule has 1 amide bonds. The Labute approximate surface area is 114 Å². The van der Waals surface area contributed by atoms with Crippen LogP contribution < -0.4 is 5.32 Å². The predicted molar refractivity (Wildman–Crippen MR) is 70.3 cm³/mol. The highest BCUT2D eigenvalue weighted by Crippen LogP contribution is 2.19. The normalized spacial score (nSPS) is 14.6. The molecule has 0 aromatic carbocycles. The highest BCUT2D eigenvalue weighted by atomic mass is 16.5. The summed E-state index contributed by atoms with van der Waals surface area (Å²) in [5.74, 6) is -0.823. The van der Waals surface area contributed by atoms with Crippen LogP contribution in [-0.2, 0) is 14.3 Å². The Morgan fingerprint density at radius 1 is 1.37 bits per heavy atom. The number of carbonyl (C=O) groups is 2. The van der Waals surface area contributed by atoms with Gasteiger partial charge in [-0.3, -0.25) is 9.59 Å². The van der Waals surface area contributed by atoms with E-state index in [1.807, 2.05) is 0 Å². The summed E-state index contributed by atoms with van der Waals surface area (Å²) < 4.78 is 4.94. The second-order valence-corrected chi connectivity index (χ2v) is 5.40. The van der Waals surface area contributed by atoms with Gasteiger partial charge in [0.05, 0.1) is 12.7 Å². The Morgan fingerprint density at radius 2 is 1.95 bits per heavy atom. The molecule has 6 heteroatoms. The van der Waals surface area contributed by atoms with Gasteiger partial charge in [0.15, 0.2) is 0 Å². The van der Waals surface area contributed by atoms with E-state index in [0.29, 0.717) is 19.4 Å². The molecule has 0 spiro atoms. The first-order valence-corrected chi connectivity index (χ1v) is 6.44. The van der Waals surface area contributed by atoms with Crippen molar-refractivity contribution < 1.29 is 24.5 Å². The number of hydrogen-bond acceptors (Lipinski definition) is 5. The Kier molecular flexibility index (Phi) is 7.63. The van der Waals surface area contributed by atoms with Crippen LogP contribution in [0.15, 0.2) is 0 Å². The summed E-state index contributed by atoms with van der Waals surface area (Å²) in [6, 6.07) is 0. The van der Waals surface area contributed by atoms with E-state index >= 15 is 0 Å². The van der Waals surface area contributed by atoms with Gasteiger partial charge in [0.25, 0.3) is 0 Å². The smallest absolute Gasteiger partial charge is 0.302 e. The standard InChI is InChI=1S/C13H25NO5/c1-9(19-10(2)16)6-5-7-14-12(18)11(17)13(3,4)8-15/h9,11,15,17H,5-8H2,1-4H3,(H,14,18). The number of rotatable bonds is 8. The molecule has 19 heavy (non-hydrogen) atoms. The minimum absolute atomic E-state index is 0.187. The van der Waals surface area contributed by atoms with E-state index in [0.717, 1.165) is 0 Å². The van der Waals surface area contributed by atoms with Crippen LogP contribution in [0.3, 0.4) is 0 Å². The third kappa shape index (κ3) is 7.12. The van der Waals surface area contributed by atoms with Crippen LogP contribution in [-0.4, -0.2) is 47.4 Å². The zero-order valence-electron chi connectivity index (χ0n) is 12.1. The molecular weight excluding hydrogens is 250 g/mol. The second-order valence-electron chi connectivity index (χ2n) is 5.40. The number of hydrogen-bond donors (Lipinski definition) is 3. The van der Waals surface area contributed by atoms with Crippen LogP contribution in [0.5, 0.6) is 0 Å². The van der Waals surface area contributed by atoms with Crippen LogP contribution >= 0.6 is 0 Å². The maximum absolute atomic E-state index is 11.6. The van der Waals surface area contributed by atoms with Gasteiger partial charge in [0.2, 0.25) is 5.91 Å². The van der Waals surface area contributed by atoms with Gasteiger partial charge < -0.3 is 20.3 Å². The number of carbonyl (C=O) groups excluding carboxylic acids is 2. The van der Waals surface area contributed by atoms with E-state index in [-0.39, 0.29) is 18.7 Å². The molecule has 0 saturated carbocycles. The highest BCUT2D eigenvalue weighted by Gasteiger charge is 2.32. The van der Waals surface area contributed by atoms with Crippen molar-refractivity contribution in [2.24, 2.45) is 5.41 Å². The molecule has 0 fully saturated rings. The fraction of sp³-hybridized carbons (Fsp3) is 0.846. The van der Waals surface area contributed by atoms with Crippen LogP contribution in [0.25, 0.3) is 0 Å². The van der Waals surface area contributed by atoms with Gasteiger partial charge in [-0.2, -0.15) is 0 Å². The largest absolute Gasteiger partial charge is 0.463 e. The molecule has 0 saturated heterocycles. The molecule has 0 heterocycles. The van der Waals surface area contributed by atoms with E-state index in [9.17, 15) is 14.7 Å². The summed E-state index contributed by atoms with van der Waals surface area (Å²) in [5.41, 5.74) is -0.866. The molecule has 2 atom stereocenters. The van der Waals surface area contributed by atoms with Crippen molar-refractivity contribution in [3.63, 3.8) is 0 Å². The summed E-state index contributed by atoms with van der Waals surface area (Å²) in [7, 11) is 0. The lowest BCUT2D eigenvalue weighted by Crippen LogP contribution is -2.45. The topological polar surface area (TPSA) is 95.9 Å². The number of amides is 1. The molecule has 3 N–H and O–H groups in total. The first-order chi connectivity index (χ1) is 8.70. The number of aliphatic hydroxyl groups is 2. The molecule has 0 aliphatic rings. The van der Waals surface area contributed by atoms with Crippen molar-refractivity contribution in [1.29, 1.82) is 0 Å². The van der Waals surface area contributed by atoms with Gasteiger partial charge in [-0.15, -0.1) is 0 Å². The summed E-state index contributed by atoms with van der Waals surface area (Å²) >= 11 is 0. The fourth-order valence-corrected chi connectivity index (χ4v) is 1.48. The van der Waals surface area contributed by atoms with Crippen molar-refractivity contribution in [1.82, 2.24) is 5.32 Å². The Balaban J connectivity index is 3.90. The first-order valence-electron chi connectivity index (χ1n) is 6.44. The van der Waals surface area contributed by atoms with Crippen LogP contribution in [0.1, 0.15) is 40.5 Å². The molecule has 6 nitrogen and oxygen atoms in total. The number of ether oxygens (including phenoxy) is 1. The molecule has 0 aliphatic heterocycles. The molecule has 0 aromatic rings. The molecule has 0 aromatic heterocycles. The van der Waals surface area contributed by atoms with Crippen molar-refractivity contribution in [2.45, 2.75) is 52.7 Å². The molecule has 0 bridgehead atoms. The summed E-state index contributed by atoms with van der Waals surface area (Å²) in [5, 5.41) is 21.4. The highest BCUT2D eigenvalue weighted by molar-refractivity contribution is 5.81. The SMILES string of the molecule is CC(=O)OC(C)CCCNC(=O)C(O)C(C)(C)CO. The van der Waals surface area contributed by atoms with Gasteiger partial charge in [-0.25, -0.2) is 0 Å². The van der Waals surface area contributed by atoms with Gasteiger partial charge in [-0.05, 0) is 19.8 Å². The Morgan fingerprint density at radius 3 is 2.42 bits per heavy atom. The lowest BCUT2D eigenvalue weighted by Gasteiger charge is -2.27. The van der Waals surface area contributed by atoms with Crippen molar-refractivity contribution in [2.75, 3.05) is 13.2 Å². The number of aliphatic hydroxyl groups excluding tert-OH is 2. The third-order valence-corrected chi connectivity index (χ3v) is 2.85. The van der Waals surface area contributed by atoms with Gasteiger partial charge >= 0.3 is 5.97 Å². The molecule has 0 radical (unpaired) electrons. The predicted octanol–water partition coefficient (Wildman–Crippen LogP) is 0.214. The van der Waals surface area contributed by atoms with E-state index in [4.69, 9.17) is 9.84 Å². The van der Waals surface area contributed by atoms with E-state index in [1.54, 1.807) is 20.8 Å².